The normalized spacial score (nSPS) is 18.2. The van der Waals surface area contributed by atoms with Crippen molar-refractivity contribution in [3.8, 4) is 0 Å². The number of carbonyl (C=O) groups is 1. The van der Waals surface area contributed by atoms with E-state index in [1.54, 1.807) is 10.9 Å². The van der Waals surface area contributed by atoms with E-state index in [2.05, 4.69) is 10.00 Å². The van der Waals surface area contributed by atoms with Gasteiger partial charge in [-0.15, -0.1) is 0 Å². The monoisotopic (exact) mass is 280 g/mol. The summed E-state index contributed by atoms with van der Waals surface area (Å²) in [6.07, 6.45) is 4.16. The third-order valence-electron chi connectivity index (χ3n) is 3.72. The van der Waals surface area contributed by atoms with Gasteiger partial charge in [0.2, 0.25) is 5.91 Å². The first-order valence-corrected chi connectivity index (χ1v) is 7.25. The van der Waals surface area contributed by atoms with Gasteiger partial charge in [-0.05, 0) is 18.9 Å². The average molecular weight is 280 g/mol. The minimum Gasteiger partial charge on any atom is -0.392 e. The van der Waals surface area contributed by atoms with Gasteiger partial charge < -0.3 is 10.0 Å². The molecule has 1 aromatic heterocycles. The van der Waals surface area contributed by atoms with E-state index in [9.17, 15) is 9.90 Å². The predicted molar refractivity (Wildman–Crippen MR) is 76.3 cm³/mol. The lowest BCUT2D eigenvalue weighted by molar-refractivity contribution is -0.133. The molecule has 0 spiro atoms. The molecule has 2 rings (SSSR count). The van der Waals surface area contributed by atoms with Gasteiger partial charge in [-0.3, -0.25) is 14.4 Å². The minimum absolute atomic E-state index is 0.115. The van der Waals surface area contributed by atoms with Crippen molar-refractivity contribution in [2.45, 2.75) is 32.9 Å². The summed E-state index contributed by atoms with van der Waals surface area (Å²) in [6.45, 7) is 8.09. The number of carbonyl (C=O) groups excluding carboxylic acids is 1. The number of hydrogen-bond donors (Lipinski definition) is 1. The molecule has 1 fully saturated rings. The first kappa shape index (κ1) is 15.0. The van der Waals surface area contributed by atoms with Crippen molar-refractivity contribution in [2.24, 2.45) is 0 Å². The molecular formula is C14H24N4O2. The number of piperazine rings is 1. The van der Waals surface area contributed by atoms with Crippen molar-refractivity contribution in [3.63, 3.8) is 0 Å². The Morgan fingerprint density at radius 3 is 2.65 bits per heavy atom. The molecule has 1 amide bonds. The van der Waals surface area contributed by atoms with E-state index in [-0.39, 0.29) is 12.0 Å². The maximum absolute atomic E-state index is 12.2. The zero-order valence-electron chi connectivity index (χ0n) is 12.3. The van der Waals surface area contributed by atoms with Crippen LogP contribution in [0.5, 0.6) is 0 Å². The van der Waals surface area contributed by atoms with Crippen LogP contribution >= 0.6 is 0 Å². The number of aliphatic hydroxyl groups is 1. The predicted octanol–water partition coefficient (Wildman–Crippen LogP) is 0.107. The van der Waals surface area contributed by atoms with Crippen molar-refractivity contribution in [1.82, 2.24) is 19.6 Å². The molecule has 2 heterocycles. The van der Waals surface area contributed by atoms with E-state index in [1.165, 1.54) is 0 Å². The number of aliphatic hydroxyl groups excluding tert-OH is 1. The minimum atomic E-state index is -0.260. The summed E-state index contributed by atoms with van der Waals surface area (Å²) in [5, 5.41) is 13.8. The third-order valence-corrected chi connectivity index (χ3v) is 3.72. The van der Waals surface area contributed by atoms with Gasteiger partial charge in [0.15, 0.2) is 0 Å². The number of aromatic nitrogens is 2. The standard InChI is InChI=1S/C14H24N4O2/c1-3-13(19)10-16-4-6-17(7-5-16)14(20)11-18-9-12(2)8-15-18/h8-9,13,19H,3-7,10-11H2,1-2H3/t13-/m1/s1. The number of nitrogens with zero attached hydrogens (tertiary/aromatic N) is 4. The Morgan fingerprint density at radius 2 is 2.10 bits per heavy atom. The summed E-state index contributed by atoms with van der Waals surface area (Å²) in [5.74, 6) is 0.115. The number of β-amino-alcohol motifs (C(OH)–C–C–N with tert-alkyl or cyclic N) is 1. The molecule has 6 nitrogen and oxygen atoms in total. The smallest absolute Gasteiger partial charge is 0.244 e. The molecule has 6 heteroatoms. The van der Waals surface area contributed by atoms with E-state index < -0.39 is 0 Å². The van der Waals surface area contributed by atoms with E-state index in [1.807, 2.05) is 24.9 Å². The van der Waals surface area contributed by atoms with Crippen LogP contribution in [-0.2, 0) is 11.3 Å². The van der Waals surface area contributed by atoms with E-state index in [0.717, 1.165) is 38.2 Å². The van der Waals surface area contributed by atoms with Gasteiger partial charge >= 0.3 is 0 Å². The fraction of sp³-hybridized carbons (Fsp3) is 0.714. The van der Waals surface area contributed by atoms with Crippen LogP contribution < -0.4 is 0 Å². The number of amides is 1. The zero-order chi connectivity index (χ0) is 14.5. The molecule has 0 unspecified atom stereocenters. The number of hydrogen-bond acceptors (Lipinski definition) is 4. The Kier molecular flexibility index (Phi) is 5.14. The van der Waals surface area contributed by atoms with Crippen molar-refractivity contribution in [2.75, 3.05) is 32.7 Å². The molecule has 0 aliphatic carbocycles. The summed E-state index contributed by atoms with van der Waals surface area (Å²) in [4.78, 5) is 16.3. The van der Waals surface area contributed by atoms with Crippen LogP contribution in [-0.4, -0.2) is 69.4 Å². The second kappa shape index (κ2) is 6.85. The van der Waals surface area contributed by atoms with Gasteiger partial charge in [-0.1, -0.05) is 6.92 Å². The van der Waals surface area contributed by atoms with Crippen molar-refractivity contribution >= 4 is 5.91 Å². The van der Waals surface area contributed by atoms with Crippen LogP contribution in [0.25, 0.3) is 0 Å². The van der Waals surface area contributed by atoms with Crippen LogP contribution in [0, 0.1) is 6.92 Å². The summed E-state index contributed by atoms with van der Waals surface area (Å²) in [7, 11) is 0. The van der Waals surface area contributed by atoms with Crippen LogP contribution in [0.1, 0.15) is 18.9 Å². The molecule has 112 valence electrons. The zero-order valence-corrected chi connectivity index (χ0v) is 12.3. The van der Waals surface area contributed by atoms with Crippen LogP contribution in [0.4, 0.5) is 0 Å². The second-order valence-corrected chi connectivity index (χ2v) is 5.46. The molecule has 0 bridgehead atoms. The Balaban J connectivity index is 1.77. The highest BCUT2D eigenvalue weighted by Crippen LogP contribution is 2.05. The number of aryl methyl sites for hydroxylation is 1. The largest absolute Gasteiger partial charge is 0.392 e. The molecule has 1 N–H and O–H groups in total. The maximum Gasteiger partial charge on any atom is 0.244 e. The first-order chi connectivity index (χ1) is 9.58. The summed E-state index contributed by atoms with van der Waals surface area (Å²) in [5.41, 5.74) is 1.07. The van der Waals surface area contributed by atoms with Crippen molar-refractivity contribution in [3.05, 3.63) is 18.0 Å². The summed E-state index contributed by atoms with van der Waals surface area (Å²) >= 11 is 0. The molecule has 0 radical (unpaired) electrons. The second-order valence-electron chi connectivity index (χ2n) is 5.46. The lowest BCUT2D eigenvalue weighted by Crippen LogP contribution is -2.51. The molecule has 0 saturated carbocycles. The summed E-state index contributed by atoms with van der Waals surface area (Å²) < 4.78 is 1.69. The Labute approximate surface area is 120 Å². The third kappa shape index (κ3) is 4.05. The molecule has 1 aromatic rings. The van der Waals surface area contributed by atoms with Crippen LogP contribution in [0.2, 0.25) is 0 Å². The molecule has 1 atom stereocenters. The Hall–Kier alpha value is -1.40. The molecule has 0 aromatic carbocycles. The lowest BCUT2D eigenvalue weighted by Gasteiger charge is -2.35. The highest BCUT2D eigenvalue weighted by Gasteiger charge is 2.22. The van der Waals surface area contributed by atoms with E-state index in [4.69, 9.17) is 0 Å². The molecular weight excluding hydrogens is 256 g/mol. The molecule has 1 aliphatic rings. The number of rotatable bonds is 5. The fourth-order valence-corrected chi connectivity index (χ4v) is 2.40. The van der Waals surface area contributed by atoms with Gasteiger partial charge in [0.1, 0.15) is 6.54 Å². The van der Waals surface area contributed by atoms with E-state index >= 15 is 0 Å². The average Bonchev–Trinajstić information content (AvgIpc) is 2.84. The van der Waals surface area contributed by atoms with Gasteiger partial charge in [0.05, 0.1) is 12.3 Å². The Morgan fingerprint density at radius 1 is 1.40 bits per heavy atom. The van der Waals surface area contributed by atoms with E-state index in [0.29, 0.717) is 13.1 Å². The topological polar surface area (TPSA) is 61.6 Å². The molecule has 1 saturated heterocycles. The van der Waals surface area contributed by atoms with Crippen molar-refractivity contribution in [1.29, 1.82) is 0 Å². The first-order valence-electron chi connectivity index (χ1n) is 7.25. The van der Waals surface area contributed by atoms with Gasteiger partial charge in [-0.25, -0.2) is 0 Å². The van der Waals surface area contributed by atoms with Crippen LogP contribution in [0.15, 0.2) is 12.4 Å². The highest BCUT2D eigenvalue weighted by atomic mass is 16.3. The van der Waals surface area contributed by atoms with Crippen molar-refractivity contribution < 1.29 is 9.90 Å². The SMILES string of the molecule is CC[C@@H](O)CN1CCN(C(=O)Cn2cc(C)cn2)CC1. The fourth-order valence-electron chi connectivity index (χ4n) is 2.40. The Bertz CT molecular complexity index is 438. The van der Waals surface area contributed by atoms with Gasteiger partial charge in [-0.2, -0.15) is 5.10 Å². The quantitative estimate of drug-likeness (QED) is 0.831. The molecule has 20 heavy (non-hydrogen) atoms. The maximum atomic E-state index is 12.2. The lowest BCUT2D eigenvalue weighted by atomic mass is 10.2. The molecule has 1 aliphatic heterocycles. The van der Waals surface area contributed by atoms with Crippen LogP contribution in [0.3, 0.4) is 0 Å². The van der Waals surface area contributed by atoms with Gasteiger partial charge in [0.25, 0.3) is 0 Å². The van der Waals surface area contributed by atoms with Gasteiger partial charge in [0, 0.05) is 38.9 Å². The summed E-state index contributed by atoms with van der Waals surface area (Å²) in [6, 6.07) is 0. The highest BCUT2D eigenvalue weighted by molar-refractivity contribution is 5.76.